The molecule has 158 valence electrons. The Hall–Kier alpha value is -2.30. The second kappa shape index (κ2) is 10.1. The molecule has 0 radical (unpaired) electrons. The van der Waals surface area contributed by atoms with Crippen molar-refractivity contribution < 1.29 is 4.79 Å². The molecule has 1 amide bonds. The summed E-state index contributed by atoms with van der Waals surface area (Å²) in [4.78, 5) is 13.0. The summed E-state index contributed by atoms with van der Waals surface area (Å²) in [5.41, 5.74) is 3.80. The van der Waals surface area contributed by atoms with E-state index in [-0.39, 0.29) is 17.9 Å². The number of hydrogen-bond donors (Lipinski definition) is 1. The quantitative estimate of drug-likeness (QED) is 0.476. The first-order valence-corrected chi connectivity index (χ1v) is 11.0. The molecular weight excluding hydrogens is 417 g/mol. The molecule has 2 atom stereocenters. The van der Waals surface area contributed by atoms with Crippen molar-refractivity contribution in [2.24, 2.45) is 7.05 Å². The van der Waals surface area contributed by atoms with Gasteiger partial charge in [0, 0.05) is 29.1 Å². The Bertz CT molecular complexity index is 981. The van der Waals surface area contributed by atoms with Crippen LogP contribution in [-0.2, 0) is 19.9 Å². The van der Waals surface area contributed by atoms with E-state index in [0.29, 0.717) is 15.7 Å². The van der Waals surface area contributed by atoms with Crippen LogP contribution in [0.3, 0.4) is 0 Å². The summed E-state index contributed by atoms with van der Waals surface area (Å²) in [7, 11) is 1.81. The molecule has 1 heterocycles. The van der Waals surface area contributed by atoms with Gasteiger partial charge in [-0.1, -0.05) is 60.8 Å². The van der Waals surface area contributed by atoms with Crippen LogP contribution < -0.4 is 5.32 Å². The Labute approximate surface area is 188 Å². The van der Waals surface area contributed by atoms with Crippen molar-refractivity contribution in [2.75, 3.05) is 0 Å². The minimum atomic E-state index is -0.116. The van der Waals surface area contributed by atoms with Crippen molar-refractivity contribution in [3.05, 3.63) is 87.2 Å². The Morgan fingerprint density at radius 3 is 2.27 bits per heavy atom. The average molecular weight is 444 g/mol. The fourth-order valence-electron chi connectivity index (χ4n) is 3.67. The predicted octanol–water partition coefficient (Wildman–Crippen LogP) is 5.82. The summed E-state index contributed by atoms with van der Waals surface area (Å²) in [5.74, 6) is -0.0364. The molecule has 0 saturated heterocycles. The van der Waals surface area contributed by atoms with Crippen molar-refractivity contribution in [3.63, 3.8) is 0 Å². The van der Waals surface area contributed by atoms with Gasteiger partial charge >= 0.3 is 0 Å². The van der Waals surface area contributed by atoms with Crippen LogP contribution in [-0.4, -0.2) is 21.7 Å². The number of hydrogen-bond acceptors (Lipinski definition) is 2. The average Bonchev–Trinajstić information content (AvgIpc) is 3.09. The van der Waals surface area contributed by atoms with Crippen LogP contribution in [0.15, 0.2) is 54.6 Å². The van der Waals surface area contributed by atoms with E-state index in [1.165, 1.54) is 0 Å². The van der Waals surface area contributed by atoms with Gasteiger partial charge in [0.05, 0.1) is 5.69 Å². The van der Waals surface area contributed by atoms with Crippen LogP contribution >= 0.6 is 23.2 Å². The molecule has 30 heavy (non-hydrogen) atoms. The van der Waals surface area contributed by atoms with Crippen molar-refractivity contribution in [1.29, 1.82) is 0 Å². The van der Waals surface area contributed by atoms with Gasteiger partial charge in [0.2, 0.25) is 0 Å². The van der Waals surface area contributed by atoms with Crippen molar-refractivity contribution >= 4 is 29.1 Å². The van der Waals surface area contributed by atoms with Gasteiger partial charge in [0.1, 0.15) is 5.69 Å². The number of nitrogens with zero attached hydrogens (tertiary/aromatic N) is 2. The third-order valence-electron chi connectivity index (χ3n) is 5.30. The maximum Gasteiger partial charge on any atom is 0.269 e. The number of rotatable bonds is 8. The van der Waals surface area contributed by atoms with Gasteiger partial charge in [0.15, 0.2) is 0 Å². The number of nitrogens with one attached hydrogen (secondary N) is 1. The number of carbonyl (C=O) groups is 1. The Morgan fingerprint density at radius 1 is 1.07 bits per heavy atom. The smallest absolute Gasteiger partial charge is 0.269 e. The zero-order valence-electron chi connectivity index (χ0n) is 17.5. The minimum Gasteiger partial charge on any atom is -0.348 e. The van der Waals surface area contributed by atoms with Gasteiger partial charge in [-0.3, -0.25) is 9.48 Å². The van der Waals surface area contributed by atoms with E-state index in [9.17, 15) is 4.79 Å². The molecule has 2 unspecified atom stereocenters. The molecule has 4 nitrogen and oxygen atoms in total. The topological polar surface area (TPSA) is 46.9 Å². The van der Waals surface area contributed by atoms with Crippen molar-refractivity contribution in [2.45, 2.75) is 45.1 Å². The van der Waals surface area contributed by atoms with Gasteiger partial charge in [-0.25, -0.2) is 0 Å². The van der Waals surface area contributed by atoms with Crippen molar-refractivity contribution in [3.8, 4) is 0 Å². The lowest BCUT2D eigenvalue weighted by Crippen LogP contribution is -2.38. The second-order valence-electron chi connectivity index (χ2n) is 7.65. The number of carbonyl (C=O) groups excluding carboxylic acids is 1. The van der Waals surface area contributed by atoms with E-state index in [1.807, 2.05) is 68.6 Å². The summed E-state index contributed by atoms with van der Waals surface area (Å²) in [6.07, 6.45) is 2.63. The monoisotopic (exact) mass is 443 g/mol. The molecule has 0 spiro atoms. The summed E-state index contributed by atoms with van der Waals surface area (Å²) < 4.78 is 1.66. The lowest BCUT2D eigenvalue weighted by atomic mass is 9.86. The van der Waals surface area contributed by atoms with E-state index in [0.717, 1.165) is 36.1 Å². The Kier molecular flexibility index (Phi) is 7.57. The van der Waals surface area contributed by atoms with Gasteiger partial charge < -0.3 is 5.32 Å². The molecule has 3 aromatic rings. The first-order chi connectivity index (χ1) is 14.4. The summed E-state index contributed by atoms with van der Waals surface area (Å²) >= 11 is 12.1. The van der Waals surface area contributed by atoms with Gasteiger partial charge in [0.25, 0.3) is 5.91 Å². The second-order valence-corrected chi connectivity index (χ2v) is 8.52. The van der Waals surface area contributed by atoms with Crippen LogP contribution in [0.1, 0.15) is 53.5 Å². The van der Waals surface area contributed by atoms with Gasteiger partial charge in [-0.2, -0.15) is 5.10 Å². The molecule has 0 aliphatic carbocycles. The van der Waals surface area contributed by atoms with Gasteiger partial charge in [-0.05, 0) is 61.2 Å². The number of aryl methyl sites for hydroxylation is 2. The predicted molar refractivity (Wildman–Crippen MR) is 123 cm³/mol. The molecular formula is C24H27Cl2N3O. The highest BCUT2D eigenvalue weighted by atomic mass is 35.5. The molecule has 0 fully saturated rings. The largest absolute Gasteiger partial charge is 0.348 e. The summed E-state index contributed by atoms with van der Waals surface area (Å²) in [6, 6.07) is 17.4. The van der Waals surface area contributed by atoms with E-state index in [1.54, 1.807) is 4.68 Å². The maximum atomic E-state index is 13.0. The molecule has 6 heteroatoms. The molecule has 3 rings (SSSR count). The molecule has 1 N–H and O–H groups in total. The third kappa shape index (κ3) is 5.65. The lowest BCUT2D eigenvalue weighted by molar-refractivity contribution is 0.0924. The summed E-state index contributed by atoms with van der Waals surface area (Å²) in [6.45, 7) is 4.14. The number of benzene rings is 2. The Balaban J connectivity index is 1.82. The van der Waals surface area contributed by atoms with Crippen LogP contribution in [0.25, 0.3) is 0 Å². The minimum absolute atomic E-state index is 0.0794. The zero-order valence-corrected chi connectivity index (χ0v) is 19.0. The molecule has 0 saturated carbocycles. The van der Waals surface area contributed by atoms with Crippen LogP contribution in [0.5, 0.6) is 0 Å². The standard InChI is InChI=1S/C24H27Cl2N3O/c1-4-5-21-15-23(29(3)28-21)24(30)27-16(2)22(18-8-12-20(26)13-9-18)14-17-6-10-19(25)11-7-17/h6-13,15-16,22H,4-5,14H2,1-3H3,(H,27,30). The van der Waals surface area contributed by atoms with E-state index in [4.69, 9.17) is 23.2 Å². The molecule has 0 aliphatic heterocycles. The van der Waals surface area contributed by atoms with Crippen LogP contribution in [0.4, 0.5) is 0 Å². The van der Waals surface area contributed by atoms with E-state index in [2.05, 4.69) is 17.3 Å². The number of halogens is 2. The van der Waals surface area contributed by atoms with E-state index < -0.39 is 0 Å². The van der Waals surface area contributed by atoms with E-state index >= 15 is 0 Å². The molecule has 2 aromatic carbocycles. The first kappa shape index (κ1) is 22.4. The van der Waals surface area contributed by atoms with Gasteiger partial charge in [-0.15, -0.1) is 0 Å². The fourth-order valence-corrected chi connectivity index (χ4v) is 3.92. The first-order valence-electron chi connectivity index (χ1n) is 10.2. The molecule has 0 bridgehead atoms. The van der Waals surface area contributed by atoms with Crippen LogP contribution in [0, 0.1) is 0 Å². The van der Waals surface area contributed by atoms with Crippen LogP contribution in [0.2, 0.25) is 10.0 Å². The molecule has 0 aliphatic rings. The van der Waals surface area contributed by atoms with Crippen molar-refractivity contribution in [1.82, 2.24) is 15.1 Å². The third-order valence-corrected chi connectivity index (χ3v) is 5.80. The highest BCUT2D eigenvalue weighted by molar-refractivity contribution is 6.30. The highest BCUT2D eigenvalue weighted by Crippen LogP contribution is 2.27. The normalized spacial score (nSPS) is 13.1. The Morgan fingerprint density at radius 2 is 1.67 bits per heavy atom. The summed E-state index contributed by atoms with van der Waals surface area (Å²) in [5, 5.41) is 9.03. The maximum absolute atomic E-state index is 13.0. The molecule has 1 aromatic heterocycles. The number of aromatic nitrogens is 2. The SMILES string of the molecule is CCCc1cc(C(=O)NC(C)C(Cc2ccc(Cl)cc2)c2ccc(Cl)cc2)n(C)n1. The zero-order chi connectivity index (χ0) is 21.7. The lowest BCUT2D eigenvalue weighted by Gasteiger charge is -2.26. The highest BCUT2D eigenvalue weighted by Gasteiger charge is 2.23. The fraction of sp³-hybridized carbons (Fsp3) is 0.333. The number of amides is 1.